The summed E-state index contributed by atoms with van der Waals surface area (Å²) in [6, 6.07) is 2.06. The van der Waals surface area contributed by atoms with Crippen LogP contribution in [0.15, 0.2) is 29.0 Å². The van der Waals surface area contributed by atoms with Gasteiger partial charge in [0.15, 0.2) is 6.39 Å². The number of imide groups is 1. The fraction of sp³-hybridized carbons (Fsp3) is 0.267. The lowest BCUT2D eigenvalue weighted by Gasteiger charge is -2.22. The van der Waals surface area contributed by atoms with Gasteiger partial charge in [-0.3, -0.25) is 9.69 Å². The topological polar surface area (TPSA) is 75.4 Å². The zero-order chi connectivity index (χ0) is 16.8. The zero-order valence-electron chi connectivity index (χ0n) is 12.4. The molecule has 0 spiro atoms. The highest BCUT2D eigenvalue weighted by atomic mass is 19.1. The molecule has 0 bridgehead atoms. The smallest absolute Gasteiger partial charge is 0.325 e. The van der Waals surface area contributed by atoms with Crippen LogP contribution < -0.4 is 5.32 Å². The first kappa shape index (κ1) is 15.1. The maximum atomic E-state index is 14.0. The summed E-state index contributed by atoms with van der Waals surface area (Å²) < 4.78 is 32.5. The summed E-state index contributed by atoms with van der Waals surface area (Å²) in [5.74, 6) is -1.69. The van der Waals surface area contributed by atoms with Crippen molar-refractivity contribution in [1.29, 1.82) is 0 Å². The van der Waals surface area contributed by atoms with Gasteiger partial charge in [0.1, 0.15) is 28.6 Å². The predicted octanol–water partition coefficient (Wildman–Crippen LogP) is 2.23. The molecule has 8 heteroatoms. The number of hydrogen-bond donors (Lipinski definition) is 1. The van der Waals surface area contributed by atoms with E-state index >= 15 is 0 Å². The van der Waals surface area contributed by atoms with Crippen molar-refractivity contribution in [3.63, 3.8) is 0 Å². The van der Waals surface area contributed by atoms with Crippen molar-refractivity contribution in [2.45, 2.75) is 25.9 Å². The number of carbonyl (C=O) groups is 2. The van der Waals surface area contributed by atoms with Gasteiger partial charge in [0.05, 0.1) is 6.54 Å². The minimum absolute atomic E-state index is 0.112. The number of halogens is 2. The first-order chi connectivity index (χ1) is 10.8. The Balaban J connectivity index is 1.97. The highest BCUT2D eigenvalue weighted by molar-refractivity contribution is 6.07. The molecule has 23 heavy (non-hydrogen) atoms. The van der Waals surface area contributed by atoms with Crippen molar-refractivity contribution >= 4 is 11.9 Å². The van der Waals surface area contributed by atoms with Gasteiger partial charge >= 0.3 is 6.03 Å². The molecule has 1 fully saturated rings. The van der Waals surface area contributed by atoms with Gasteiger partial charge in [-0.15, -0.1) is 0 Å². The number of aryl methyl sites for hydroxylation is 1. The Bertz CT molecular complexity index is 805. The SMILES string of the molecule is Cc1ocnc1CN1C(=O)NC(C)(c2cc(F)ccc2F)C1=O. The molecule has 0 saturated carbocycles. The van der Waals surface area contributed by atoms with E-state index in [1.807, 2.05) is 0 Å². The molecule has 1 N–H and O–H groups in total. The summed E-state index contributed by atoms with van der Waals surface area (Å²) in [7, 11) is 0. The fourth-order valence-electron chi connectivity index (χ4n) is 2.53. The van der Waals surface area contributed by atoms with Crippen molar-refractivity contribution in [1.82, 2.24) is 15.2 Å². The summed E-state index contributed by atoms with van der Waals surface area (Å²) in [5, 5.41) is 2.42. The maximum Gasteiger partial charge on any atom is 0.325 e. The molecule has 2 heterocycles. The number of nitrogens with zero attached hydrogens (tertiary/aromatic N) is 2. The summed E-state index contributed by atoms with van der Waals surface area (Å²) in [6.45, 7) is 2.87. The molecule has 3 amide bonds. The summed E-state index contributed by atoms with van der Waals surface area (Å²) in [4.78, 5) is 29.6. The summed E-state index contributed by atoms with van der Waals surface area (Å²) in [6.07, 6.45) is 1.20. The minimum Gasteiger partial charge on any atom is -0.448 e. The molecular weight excluding hydrogens is 308 g/mol. The van der Waals surface area contributed by atoms with E-state index < -0.39 is 29.1 Å². The van der Waals surface area contributed by atoms with Gasteiger partial charge in [0.2, 0.25) is 0 Å². The van der Waals surface area contributed by atoms with E-state index in [4.69, 9.17) is 4.42 Å². The predicted molar refractivity (Wildman–Crippen MR) is 74.0 cm³/mol. The van der Waals surface area contributed by atoms with Gasteiger partial charge in [-0.2, -0.15) is 0 Å². The molecule has 1 aromatic carbocycles. The van der Waals surface area contributed by atoms with Crippen LogP contribution in [0.1, 0.15) is 23.9 Å². The second kappa shape index (κ2) is 5.15. The van der Waals surface area contributed by atoms with Gasteiger partial charge in [0, 0.05) is 5.56 Å². The Morgan fingerprint density at radius 3 is 2.74 bits per heavy atom. The minimum atomic E-state index is -1.68. The highest BCUT2D eigenvalue weighted by Gasteiger charge is 2.50. The van der Waals surface area contributed by atoms with Gasteiger partial charge in [-0.05, 0) is 32.0 Å². The van der Waals surface area contributed by atoms with Gasteiger partial charge in [-0.1, -0.05) is 0 Å². The lowest BCUT2D eigenvalue weighted by Crippen LogP contribution is -2.41. The van der Waals surface area contributed by atoms with Gasteiger partial charge in [-0.25, -0.2) is 18.6 Å². The standard InChI is InChI=1S/C15H13F2N3O3/c1-8-12(18-7-23-8)6-20-13(21)15(2,19-14(20)22)10-5-9(16)3-4-11(10)17/h3-5,7H,6H2,1-2H3,(H,19,22). The summed E-state index contributed by atoms with van der Waals surface area (Å²) in [5.41, 5.74) is -1.49. The molecular formula is C15H13F2N3O3. The lowest BCUT2D eigenvalue weighted by molar-refractivity contribution is -0.131. The van der Waals surface area contributed by atoms with E-state index in [1.54, 1.807) is 6.92 Å². The largest absolute Gasteiger partial charge is 0.448 e. The van der Waals surface area contributed by atoms with Crippen molar-refractivity contribution in [2.75, 3.05) is 0 Å². The molecule has 1 aromatic heterocycles. The van der Waals surface area contributed by atoms with Crippen molar-refractivity contribution in [3.8, 4) is 0 Å². The van der Waals surface area contributed by atoms with Crippen molar-refractivity contribution in [2.24, 2.45) is 0 Å². The molecule has 1 unspecified atom stereocenters. The number of urea groups is 1. The Morgan fingerprint density at radius 1 is 1.35 bits per heavy atom. The number of hydrogen-bond acceptors (Lipinski definition) is 4. The second-order valence-electron chi connectivity index (χ2n) is 5.43. The van der Waals surface area contributed by atoms with Crippen LogP contribution >= 0.6 is 0 Å². The van der Waals surface area contributed by atoms with Gasteiger partial charge < -0.3 is 9.73 Å². The molecule has 2 aromatic rings. The summed E-state index contributed by atoms with van der Waals surface area (Å²) >= 11 is 0. The van der Waals surface area contributed by atoms with Crippen molar-refractivity contribution < 1.29 is 22.8 Å². The Hall–Kier alpha value is -2.77. The number of nitrogens with one attached hydrogen (secondary N) is 1. The highest BCUT2D eigenvalue weighted by Crippen LogP contribution is 2.32. The number of carbonyl (C=O) groups excluding carboxylic acids is 2. The number of rotatable bonds is 3. The molecule has 6 nitrogen and oxygen atoms in total. The molecule has 1 saturated heterocycles. The Morgan fingerprint density at radius 2 is 2.09 bits per heavy atom. The number of amides is 3. The molecule has 120 valence electrons. The van der Waals surface area contributed by atoms with E-state index in [1.165, 1.54) is 13.3 Å². The molecule has 0 radical (unpaired) electrons. The first-order valence-corrected chi connectivity index (χ1v) is 6.81. The number of aromatic nitrogens is 1. The number of oxazole rings is 1. The molecule has 1 aliphatic rings. The third kappa shape index (κ3) is 2.36. The van der Waals surface area contributed by atoms with Crippen LogP contribution in [0, 0.1) is 18.6 Å². The van der Waals surface area contributed by atoms with Crippen LogP contribution in [-0.4, -0.2) is 21.8 Å². The Labute approximate surface area is 130 Å². The molecule has 0 aliphatic carbocycles. The van der Waals surface area contributed by atoms with Crippen LogP contribution in [0.3, 0.4) is 0 Å². The van der Waals surface area contributed by atoms with E-state index in [2.05, 4.69) is 10.3 Å². The third-order valence-corrected chi connectivity index (χ3v) is 3.89. The normalized spacial score (nSPS) is 21.0. The van der Waals surface area contributed by atoms with E-state index in [0.29, 0.717) is 11.5 Å². The monoisotopic (exact) mass is 321 g/mol. The average molecular weight is 321 g/mol. The second-order valence-corrected chi connectivity index (χ2v) is 5.43. The van der Waals surface area contributed by atoms with Crippen LogP contribution in [0.5, 0.6) is 0 Å². The average Bonchev–Trinajstić information content (AvgIpc) is 2.99. The first-order valence-electron chi connectivity index (χ1n) is 6.81. The number of benzene rings is 1. The van der Waals surface area contributed by atoms with Crippen LogP contribution in [0.25, 0.3) is 0 Å². The lowest BCUT2D eigenvalue weighted by atomic mass is 9.91. The van der Waals surface area contributed by atoms with Gasteiger partial charge in [0.25, 0.3) is 5.91 Å². The van der Waals surface area contributed by atoms with Crippen LogP contribution in [0.2, 0.25) is 0 Å². The third-order valence-electron chi connectivity index (χ3n) is 3.89. The van der Waals surface area contributed by atoms with Crippen LogP contribution in [0.4, 0.5) is 13.6 Å². The molecule has 3 rings (SSSR count). The van der Waals surface area contributed by atoms with Crippen molar-refractivity contribution in [3.05, 3.63) is 53.2 Å². The Kier molecular flexibility index (Phi) is 3.39. The molecule has 1 atom stereocenters. The maximum absolute atomic E-state index is 14.0. The molecule has 1 aliphatic heterocycles. The zero-order valence-corrected chi connectivity index (χ0v) is 12.4. The van der Waals surface area contributed by atoms with Crippen LogP contribution in [-0.2, 0) is 16.9 Å². The van der Waals surface area contributed by atoms with E-state index in [-0.39, 0.29) is 12.1 Å². The quantitative estimate of drug-likeness (QED) is 0.880. The van der Waals surface area contributed by atoms with E-state index in [9.17, 15) is 18.4 Å². The van der Waals surface area contributed by atoms with E-state index in [0.717, 1.165) is 23.1 Å². The fourth-order valence-corrected chi connectivity index (χ4v) is 2.53.